The van der Waals surface area contributed by atoms with Crippen molar-refractivity contribution in [2.24, 2.45) is 0 Å². The number of benzene rings is 1. The van der Waals surface area contributed by atoms with Gasteiger partial charge in [0.25, 0.3) is 0 Å². The highest BCUT2D eigenvalue weighted by atomic mass is 16.5. The molecule has 21 heavy (non-hydrogen) atoms. The predicted molar refractivity (Wildman–Crippen MR) is 91.4 cm³/mol. The van der Waals surface area contributed by atoms with Crippen LogP contribution in [0.3, 0.4) is 0 Å². The van der Waals surface area contributed by atoms with Crippen LogP contribution in [0.25, 0.3) is 0 Å². The first-order valence-corrected chi connectivity index (χ1v) is 8.13. The summed E-state index contributed by atoms with van der Waals surface area (Å²) in [5, 5.41) is 0. The molecule has 0 spiro atoms. The van der Waals surface area contributed by atoms with Gasteiger partial charge in [0.05, 0.1) is 0 Å². The molecule has 0 aliphatic carbocycles. The number of hydrogen-bond donors (Lipinski definition) is 0. The first-order chi connectivity index (χ1) is 9.88. The van der Waals surface area contributed by atoms with Gasteiger partial charge in [-0.2, -0.15) is 0 Å². The fourth-order valence-electron chi connectivity index (χ4n) is 2.29. The Labute approximate surface area is 130 Å². The van der Waals surface area contributed by atoms with Crippen molar-refractivity contribution >= 4 is 6.29 Å². The second-order valence-corrected chi connectivity index (χ2v) is 5.68. The molecule has 1 heterocycles. The van der Waals surface area contributed by atoms with Crippen LogP contribution in [0.4, 0.5) is 0 Å². The molecular weight excluding hydrogens is 260 g/mol. The first kappa shape index (κ1) is 19.7. The Kier molecular flexibility index (Phi) is 8.31. The fraction of sp³-hybridized carbons (Fsp3) is 0.632. The third-order valence-corrected chi connectivity index (χ3v) is 3.57. The van der Waals surface area contributed by atoms with Gasteiger partial charge in [-0.1, -0.05) is 40.2 Å². The molecule has 0 saturated heterocycles. The van der Waals surface area contributed by atoms with Gasteiger partial charge in [-0.3, -0.25) is 4.79 Å². The second kappa shape index (κ2) is 8.86. The van der Waals surface area contributed by atoms with Crippen LogP contribution in [-0.4, -0.2) is 11.9 Å². The van der Waals surface area contributed by atoms with Gasteiger partial charge in [-0.15, -0.1) is 0 Å². The average Bonchev–Trinajstić information content (AvgIpc) is 2.48. The summed E-state index contributed by atoms with van der Waals surface area (Å²) >= 11 is 0. The van der Waals surface area contributed by atoms with Gasteiger partial charge in [0, 0.05) is 0 Å². The quantitative estimate of drug-likeness (QED) is 0.653. The van der Waals surface area contributed by atoms with E-state index in [-0.39, 0.29) is 0 Å². The van der Waals surface area contributed by atoms with Gasteiger partial charge in [0.15, 0.2) is 11.9 Å². The number of carbonyl (C=O) groups is 1. The van der Waals surface area contributed by atoms with Crippen molar-refractivity contribution in [1.82, 2.24) is 0 Å². The lowest BCUT2D eigenvalue weighted by molar-refractivity contribution is -0.121. The summed E-state index contributed by atoms with van der Waals surface area (Å²) in [6.45, 7) is 16.4. The third kappa shape index (κ3) is 4.87. The maximum atomic E-state index is 11.0. The normalized spacial score (nSPS) is 19.0. The number of hydrogen-bond acceptors (Lipinski definition) is 2. The third-order valence-electron chi connectivity index (χ3n) is 3.57. The van der Waals surface area contributed by atoms with E-state index in [1.807, 2.05) is 20.8 Å². The minimum Gasteiger partial charge on any atom is -0.480 e. The van der Waals surface area contributed by atoms with E-state index in [1.165, 1.54) is 23.1 Å². The standard InChI is InChI=1S/C14H18O2.C3H8.C2H6/c1-9-7-10(2)12-5-6-14(4,8-15)16-13(12)11(9)3;1-3-2;1-2/h7-8H,5-6H2,1-4H3;3H2,1-2H3;1-2H3/t14-;;/m0../s1. The van der Waals surface area contributed by atoms with Crippen LogP contribution >= 0.6 is 0 Å². The Morgan fingerprint density at radius 1 is 1.19 bits per heavy atom. The Balaban J connectivity index is 0.000000713. The number of carbonyl (C=O) groups excluding carboxylic acids is 1. The van der Waals surface area contributed by atoms with Crippen LogP contribution in [0.15, 0.2) is 6.07 Å². The Morgan fingerprint density at radius 3 is 2.19 bits per heavy atom. The largest absolute Gasteiger partial charge is 0.480 e. The molecule has 0 radical (unpaired) electrons. The molecule has 0 N–H and O–H groups in total. The molecule has 0 amide bonds. The van der Waals surface area contributed by atoms with Crippen molar-refractivity contribution in [2.75, 3.05) is 0 Å². The number of ether oxygens (including phenoxy) is 1. The maximum Gasteiger partial charge on any atom is 0.163 e. The molecule has 2 rings (SSSR count). The number of aldehydes is 1. The van der Waals surface area contributed by atoms with E-state index in [0.717, 1.165) is 30.4 Å². The van der Waals surface area contributed by atoms with E-state index in [9.17, 15) is 4.79 Å². The summed E-state index contributed by atoms with van der Waals surface area (Å²) < 4.78 is 5.89. The van der Waals surface area contributed by atoms with Gasteiger partial charge < -0.3 is 4.74 Å². The monoisotopic (exact) mass is 292 g/mol. The Morgan fingerprint density at radius 2 is 1.71 bits per heavy atom. The lowest BCUT2D eigenvalue weighted by Crippen LogP contribution is -2.38. The highest BCUT2D eigenvalue weighted by molar-refractivity contribution is 5.65. The Bertz CT molecular complexity index is 463. The predicted octanol–water partition coefficient (Wildman–Crippen LogP) is 5.34. The van der Waals surface area contributed by atoms with Crippen LogP contribution in [0.1, 0.15) is 69.7 Å². The highest BCUT2D eigenvalue weighted by Crippen LogP contribution is 2.38. The molecule has 0 saturated carbocycles. The van der Waals surface area contributed by atoms with Crippen molar-refractivity contribution in [3.8, 4) is 5.75 Å². The van der Waals surface area contributed by atoms with Crippen LogP contribution in [0, 0.1) is 20.8 Å². The molecule has 1 aliphatic heterocycles. The molecular formula is C19H32O2. The number of aryl methyl sites for hydroxylation is 2. The van der Waals surface area contributed by atoms with Gasteiger partial charge in [0.2, 0.25) is 0 Å². The molecule has 0 aromatic heterocycles. The van der Waals surface area contributed by atoms with Crippen LogP contribution < -0.4 is 4.74 Å². The molecule has 1 aromatic rings. The first-order valence-electron chi connectivity index (χ1n) is 8.13. The Hall–Kier alpha value is -1.31. The minimum absolute atomic E-state index is 0.641. The molecule has 0 unspecified atom stereocenters. The molecule has 0 bridgehead atoms. The van der Waals surface area contributed by atoms with E-state index in [4.69, 9.17) is 4.74 Å². The molecule has 120 valence electrons. The topological polar surface area (TPSA) is 26.3 Å². The smallest absolute Gasteiger partial charge is 0.163 e. The van der Waals surface area contributed by atoms with Crippen molar-refractivity contribution in [1.29, 1.82) is 0 Å². The fourth-order valence-corrected chi connectivity index (χ4v) is 2.29. The molecule has 1 atom stereocenters. The number of fused-ring (bicyclic) bond motifs is 1. The zero-order chi connectivity index (χ0) is 16.6. The summed E-state index contributed by atoms with van der Waals surface area (Å²) in [4.78, 5) is 11.0. The van der Waals surface area contributed by atoms with Crippen molar-refractivity contribution in [2.45, 2.75) is 80.3 Å². The zero-order valence-electron chi connectivity index (χ0n) is 15.1. The molecule has 0 fully saturated rings. The van der Waals surface area contributed by atoms with Gasteiger partial charge >= 0.3 is 0 Å². The SMILES string of the molecule is CC.CCC.Cc1cc(C)c2c(c1C)O[C@](C)(C=O)CC2. The van der Waals surface area contributed by atoms with E-state index in [2.05, 4.69) is 40.7 Å². The lowest BCUT2D eigenvalue weighted by atomic mass is 9.88. The second-order valence-electron chi connectivity index (χ2n) is 5.68. The van der Waals surface area contributed by atoms with Gasteiger partial charge in [0.1, 0.15) is 5.75 Å². The summed E-state index contributed by atoms with van der Waals surface area (Å²) in [5.74, 6) is 0.929. The summed E-state index contributed by atoms with van der Waals surface area (Å²) in [6, 6.07) is 2.20. The average molecular weight is 292 g/mol. The van der Waals surface area contributed by atoms with Crippen LogP contribution in [0.2, 0.25) is 0 Å². The van der Waals surface area contributed by atoms with E-state index in [0.29, 0.717) is 0 Å². The van der Waals surface area contributed by atoms with Crippen molar-refractivity contribution < 1.29 is 9.53 Å². The van der Waals surface area contributed by atoms with Crippen molar-refractivity contribution in [3.63, 3.8) is 0 Å². The van der Waals surface area contributed by atoms with Crippen LogP contribution in [-0.2, 0) is 11.2 Å². The lowest BCUT2D eigenvalue weighted by Gasteiger charge is -2.33. The van der Waals surface area contributed by atoms with Gasteiger partial charge in [-0.05, 0) is 62.8 Å². The van der Waals surface area contributed by atoms with E-state index in [1.54, 1.807) is 0 Å². The van der Waals surface area contributed by atoms with E-state index >= 15 is 0 Å². The minimum atomic E-state index is -0.641. The van der Waals surface area contributed by atoms with Gasteiger partial charge in [-0.25, -0.2) is 0 Å². The molecule has 1 aliphatic rings. The zero-order valence-corrected chi connectivity index (χ0v) is 15.1. The summed E-state index contributed by atoms with van der Waals surface area (Å²) in [6.07, 6.45) is 3.87. The molecule has 2 nitrogen and oxygen atoms in total. The summed E-state index contributed by atoms with van der Waals surface area (Å²) in [7, 11) is 0. The molecule has 1 aromatic carbocycles. The highest BCUT2D eigenvalue weighted by Gasteiger charge is 2.32. The van der Waals surface area contributed by atoms with Crippen LogP contribution in [0.5, 0.6) is 5.75 Å². The number of rotatable bonds is 1. The molecule has 2 heteroatoms. The summed E-state index contributed by atoms with van der Waals surface area (Å²) in [5.41, 5.74) is 4.28. The van der Waals surface area contributed by atoms with E-state index < -0.39 is 5.60 Å². The maximum absolute atomic E-state index is 11.0. The van der Waals surface area contributed by atoms with Crippen molar-refractivity contribution in [3.05, 3.63) is 28.3 Å².